The molecule has 6 rings (SSSR count). The maximum atomic E-state index is 16.6. The maximum absolute atomic E-state index is 16.6. The number of ether oxygens (including phenoxy) is 1. The summed E-state index contributed by atoms with van der Waals surface area (Å²) < 4.78 is 37.6. The number of likely N-dealkylation sites (N-methyl/N-ethyl adjacent to an activating group) is 1. The second-order valence-corrected chi connectivity index (χ2v) is 12.0. The lowest BCUT2D eigenvalue weighted by molar-refractivity contribution is -0.131. The number of rotatable bonds is 7. The summed E-state index contributed by atoms with van der Waals surface area (Å²) in [5, 5.41) is 23.0. The molecule has 0 unspecified atom stereocenters. The highest BCUT2D eigenvalue weighted by Crippen LogP contribution is 2.40. The molecule has 224 valence electrons. The molecule has 3 aromatic heterocycles. The molecule has 2 fully saturated rings. The molecule has 0 aliphatic carbocycles. The second kappa shape index (κ2) is 12.2. The van der Waals surface area contributed by atoms with Crippen LogP contribution in [0.25, 0.3) is 32.2 Å². The van der Waals surface area contributed by atoms with E-state index in [9.17, 15) is 19.7 Å². The molecular weight excluding hydrogens is 584 g/mol. The number of aromatic nitrogens is 2. The van der Waals surface area contributed by atoms with Gasteiger partial charge in [0.1, 0.15) is 29.5 Å². The highest BCUT2D eigenvalue weighted by atomic mass is 32.1. The number of nitriles is 2. The molecule has 2 atom stereocenters. The third-order valence-electron chi connectivity index (χ3n) is 8.48. The van der Waals surface area contributed by atoms with Gasteiger partial charge in [0, 0.05) is 52.9 Å². The number of likely N-dealkylation sites (tertiary alicyclic amines) is 1. The van der Waals surface area contributed by atoms with Crippen molar-refractivity contribution < 1.29 is 18.3 Å². The van der Waals surface area contributed by atoms with Gasteiger partial charge in [-0.25, -0.2) is 13.8 Å². The Morgan fingerprint density at radius 1 is 1.20 bits per heavy atom. The predicted octanol–water partition coefficient (Wildman–Crippen LogP) is 5.41. The molecular formula is C32H29F2N7O2S. The Hall–Kier alpha value is -4.65. The number of thiophene rings is 1. The van der Waals surface area contributed by atoms with Gasteiger partial charge in [0.05, 0.1) is 24.2 Å². The van der Waals surface area contributed by atoms with Gasteiger partial charge in [-0.1, -0.05) is 18.7 Å². The van der Waals surface area contributed by atoms with E-state index in [1.807, 2.05) is 41.6 Å². The van der Waals surface area contributed by atoms with Gasteiger partial charge in [-0.3, -0.25) is 9.78 Å². The van der Waals surface area contributed by atoms with E-state index in [0.717, 1.165) is 29.5 Å². The first kappa shape index (κ1) is 29.4. The molecule has 5 heterocycles. The zero-order chi connectivity index (χ0) is 31.0. The van der Waals surface area contributed by atoms with Crippen LogP contribution in [-0.2, 0) is 4.79 Å². The van der Waals surface area contributed by atoms with Gasteiger partial charge < -0.3 is 19.4 Å². The largest absolute Gasteiger partial charge is 0.475 e. The summed E-state index contributed by atoms with van der Waals surface area (Å²) in [5.74, 6) is -2.63. The Kier molecular flexibility index (Phi) is 8.13. The molecule has 0 radical (unpaired) electrons. The van der Waals surface area contributed by atoms with Crippen LogP contribution in [0.15, 0.2) is 48.2 Å². The van der Waals surface area contributed by atoms with Crippen LogP contribution in [0.2, 0.25) is 0 Å². The fourth-order valence-corrected chi connectivity index (χ4v) is 7.01. The lowest BCUT2D eigenvalue weighted by Gasteiger charge is -2.42. The van der Waals surface area contributed by atoms with E-state index in [0.29, 0.717) is 16.6 Å². The number of anilines is 1. The van der Waals surface area contributed by atoms with Crippen molar-refractivity contribution in [3.05, 3.63) is 59.6 Å². The first-order valence-corrected chi connectivity index (χ1v) is 15.2. The van der Waals surface area contributed by atoms with Crippen molar-refractivity contribution in [1.82, 2.24) is 19.8 Å². The molecule has 4 aromatic rings. The van der Waals surface area contributed by atoms with Crippen molar-refractivity contribution in [3.8, 4) is 29.3 Å². The SMILES string of the molecule is C=C(F)C(=O)N1CCN(c2c(C#N)c(OC[C@@H]3CCCN3C)nc3c(F)c(-c4cccc5sccc45)ncc23)C[C@@H]1CC#N. The number of pyridine rings is 2. The fraction of sp³-hybridized carbons (Fsp3) is 0.344. The Morgan fingerprint density at radius 2 is 2.05 bits per heavy atom. The molecule has 2 aliphatic heterocycles. The van der Waals surface area contributed by atoms with Crippen molar-refractivity contribution in [2.45, 2.75) is 31.3 Å². The quantitative estimate of drug-likeness (QED) is 0.255. The number of nitrogens with zero attached hydrogens (tertiary/aromatic N) is 7. The lowest BCUT2D eigenvalue weighted by atomic mass is 10.0. The van der Waals surface area contributed by atoms with E-state index in [1.54, 1.807) is 11.3 Å². The van der Waals surface area contributed by atoms with Crippen LogP contribution in [0.4, 0.5) is 14.5 Å². The Labute approximate surface area is 257 Å². The summed E-state index contributed by atoms with van der Waals surface area (Å²) in [5.41, 5.74) is 1.22. The van der Waals surface area contributed by atoms with Crippen LogP contribution in [0.1, 0.15) is 24.8 Å². The van der Waals surface area contributed by atoms with Crippen molar-refractivity contribution >= 4 is 43.9 Å². The third-order valence-corrected chi connectivity index (χ3v) is 9.36. The minimum Gasteiger partial charge on any atom is -0.475 e. The van der Waals surface area contributed by atoms with Crippen molar-refractivity contribution in [3.63, 3.8) is 0 Å². The molecule has 0 spiro atoms. The zero-order valence-electron chi connectivity index (χ0n) is 24.1. The molecule has 9 nitrogen and oxygen atoms in total. The van der Waals surface area contributed by atoms with E-state index >= 15 is 4.39 Å². The second-order valence-electron chi connectivity index (χ2n) is 11.0. The number of piperazine rings is 1. The average molecular weight is 614 g/mol. The number of amides is 1. The molecule has 12 heteroatoms. The highest BCUT2D eigenvalue weighted by Gasteiger charge is 2.35. The van der Waals surface area contributed by atoms with Crippen LogP contribution in [0, 0.1) is 28.5 Å². The summed E-state index contributed by atoms with van der Waals surface area (Å²) in [6.07, 6.45) is 3.39. The fourth-order valence-electron chi connectivity index (χ4n) is 6.20. The Bertz CT molecular complexity index is 1860. The van der Waals surface area contributed by atoms with Gasteiger partial charge in [-0.05, 0) is 43.9 Å². The molecule has 1 aromatic carbocycles. The summed E-state index contributed by atoms with van der Waals surface area (Å²) in [6.45, 7) is 4.69. The summed E-state index contributed by atoms with van der Waals surface area (Å²) in [7, 11) is 2.01. The topological polar surface area (TPSA) is 109 Å². The number of benzene rings is 1. The first-order chi connectivity index (χ1) is 21.3. The molecule has 0 N–H and O–H groups in total. The normalized spacial score (nSPS) is 18.8. The maximum Gasteiger partial charge on any atom is 0.282 e. The predicted molar refractivity (Wildman–Crippen MR) is 164 cm³/mol. The van der Waals surface area contributed by atoms with Crippen LogP contribution >= 0.6 is 11.3 Å². The van der Waals surface area contributed by atoms with E-state index in [-0.39, 0.29) is 61.4 Å². The van der Waals surface area contributed by atoms with E-state index < -0.39 is 23.6 Å². The van der Waals surface area contributed by atoms with Crippen LogP contribution in [0.3, 0.4) is 0 Å². The average Bonchev–Trinajstić information content (AvgIpc) is 3.68. The number of carbonyl (C=O) groups excluding carboxylic acids is 1. The molecule has 2 aliphatic rings. The smallest absolute Gasteiger partial charge is 0.282 e. The Balaban J connectivity index is 1.50. The van der Waals surface area contributed by atoms with Crippen molar-refractivity contribution in [2.24, 2.45) is 0 Å². The number of carbonyl (C=O) groups is 1. The van der Waals surface area contributed by atoms with Gasteiger partial charge in [-0.2, -0.15) is 10.5 Å². The molecule has 1 amide bonds. The molecule has 44 heavy (non-hydrogen) atoms. The summed E-state index contributed by atoms with van der Waals surface area (Å²) in [6, 6.07) is 11.3. The number of fused-ring (bicyclic) bond motifs is 2. The van der Waals surface area contributed by atoms with Gasteiger partial charge >= 0.3 is 0 Å². The molecule has 0 bridgehead atoms. The van der Waals surface area contributed by atoms with Crippen LogP contribution in [-0.4, -0.2) is 77.6 Å². The highest BCUT2D eigenvalue weighted by molar-refractivity contribution is 7.17. The first-order valence-electron chi connectivity index (χ1n) is 14.3. The van der Waals surface area contributed by atoms with Gasteiger partial charge in [0.25, 0.3) is 5.91 Å². The zero-order valence-corrected chi connectivity index (χ0v) is 24.9. The third kappa shape index (κ3) is 5.21. The van der Waals surface area contributed by atoms with E-state index in [1.165, 1.54) is 11.1 Å². The van der Waals surface area contributed by atoms with Gasteiger partial charge in [0.2, 0.25) is 5.88 Å². The van der Waals surface area contributed by atoms with Crippen molar-refractivity contribution in [1.29, 1.82) is 10.5 Å². The summed E-state index contributed by atoms with van der Waals surface area (Å²) in [4.78, 5) is 26.9. The summed E-state index contributed by atoms with van der Waals surface area (Å²) >= 11 is 1.55. The number of halogens is 2. The number of hydrogen-bond donors (Lipinski definition) is 0. The van der Waals surface area contributed by atoms with E-state index in [4.69, 9.17) is 4.74 Å². The van der Waals surface area contributed by atoms with Gasteiger partial charge in [-0.15, -0.1) is 11.3 Å². The number of hydrogen-bond acceptors (Lipinski definition) is 9. The van der Waals surface area contributed by atoms with Gasteiger partial charge in [0.15, 0.2) is 11.6 Å². The van der Waals surface area contributed by atoms with Crippen LogP contribution < -0.4 is 9.64 Å². The Morgan fingerprint density at radius 3 is 2.77 bits per heavy atom. The van der Waals surface area contributed by atoms with E-state index in [2.05, 4.69) is 33.6 Å². The minimum absolute atomic E-state index is 0.00140. The standard InChI is InChI=1S/C32H29F2N7O2S/c1-19(33)32(42)41-13-12-40(17-20(41)8-10-35)30-24(15-36)31(43-18-21-5-4-11-39(21)2)38-29-25(30)16-37-28(27(29)34)23-6-3-7-26-22(23)9-14-44-26/h3,6-7,9,14,16,20-21H,1,4-5,8,11-13,17-18H2,2H3/t20-,21-/m0/s1. The lowest BCUT2D eigenvalue weighted by Crippen LogP contribution is -2.55. The molecule has 0 saturated carbocycles. The van der Waals surface area contributed by atoms with Crippen molar-refractivity contribution in [2.75, 3.05) is 44.7 Å². The minimum atomic E-state index is -1.11. The van der Waals surface area contributed by atoms with Crippen LogP contribution in [0.5, 0.6) is 5.88 Å². The molecule has 2 saturated heterocycles. The monoisotopic (exact) mass is 613 g/mol.